The molecule has 1 aromatic carbocycles. The number of fused-ring (bicyclic) bond motifs is 2. The van der Waals surface area contributed by atoms with Crippen LogP contribution in [0.5, 0.6) is 23.3 Å². The second kappa shape index (κ2) is 9.23. The Morgan fingerprint density at radius 3 is 1.41 bits per heavy atom. The van der Waals surface area contributed by atoms with Crippen LogP contribution in [0.25, 0.3) is 0 Å². The fourth-order valence-corrected chi connectivity index (χ4v) is 4.50. The molecule has 2 heterocycles. The van der Waals surface area contributed by atoms with E-state index in [-0.39, 0.29) is 0 Å². The highest BCUT2D eigenvalue weighted by molar-refractivity contribution is 5.41. The minimum absolute atomic E-state index is 0.706. The Bertz CT molecular complexity index is 1020. The number of hydrogen-bond acceptors (Lipinski definition) is 6. The molecule has 32 heavy (non-hydrogen) atoms. The largest absolute Gasteiger partial charge is 0.439 e. The van der Waals surface area contributed by atoms with E-state index in [2.05, 4.69) is 23.8 Å². The van der Waals surface area contributed by atoms with E-state index in [9.17, 15) is 0 Å². The Hall–Kier alpha value is -3.02. The lowest BCUT2D eigenvalue weighted by atomic mass is 9.97. The highest BCUT2D eigenvalue weighted by atomic mass is 16.5. The normalized spacial score (nSPS) is 15.1. The second-order valence-electron chi connectivity index (χ2n) is 8.54. The predicted octanol–water partition coefficient (Wildman–Crippen LogP) is 5.73. The minimum Gasteiger partial charge on any atom is -0.439 e. The van der Waals surface area contributed by atoms with Crippen LogP contribution in [0.1, 0.15) is 73.7 Å². The van der Waals surface area contributed by atoms with Crippen LogP contribution in [0, 0.1) is 0 Å². The maximum atomic E-state index is 6.22. The monoisotopic (exact) mass is 430 g/mol. The van der Waals surface area contributed by atoms with Gasteiger partial charge in [0.15, 0.2) is 0 Å². The zero-order valence-electron chi connectivity index (χ0n) is 19.0. The number of hydrogen-bond donors (Lipinski definition) is 0. The van der Waals surface area contributed by atoms with Crippen molar-refractivity contribution in [1.29, 1.82) is 0 Å². The van der Waals surface area contributed by atoms with Crippen molar-refractivity contribution in [3.63, 3.8) is 0 Å². The molecule has 0 spiro atoms. The van der Waals surface area contributed by atoms with Crippen molar-refractivity contribution in [3.05, 3.63) is 58.4 Å². The molecule has 0 bridgehead atoms. The molecule has 0 unspecified atom stereocenters. The van der Waals surface area contributed by atoms with Crippen molar-refractivity contribution in [2.24, 2.45) is 0 Å². The molecule has 0 N–H and O–H groups in total. The molecule has 0 amide bonds. The van der Waals surface area contributed by atoms with Gasteiger partial charge < -0.3 is 9.47 Å². The first-order chi connectivity index (χ1) is 15.7. The summed E-state index contributed by atoms with van der Waals surface area (Å²) in [6.07, 6.45) is 10.3. The van der Waals surface area contributed by atoms with Gasteiger partial charge in [-0.1, -0.05) is 13.8 Å². The van der Waals surface area contributed by atoms with Crippen molar-refractivity contribution in [3.8, 4) is 23.3 Å². The van der Waals surface area contributed by atoms with Crippen molar-refractivity contribution < 1.29 is 9.47 Å². The van der Waals surface area contributed by atoms with Gasteiger partial charge in [0.1, 0.15) is 23.1 Å². The van der Waals surface area contributed by atoms with Crippen LogP contribution in [0.15, 0.2) is 24.3 Å². The first-order valence-corrected chi connectivity index (χ1v) is 12.0. The third-order valence-electron chi connectivity index (χ3n) is 6.27. The second-order valence-corrected chi connectivity index (χ2v) is 8.54. The Kier molecular flexibility index (Phi) is 6.02. The van der Waals surface area contributed by atoms with Crippen molar-refractivity contribution in [2.75, 3.05) is 0 Å². The summed E-state index contributed by atoms with van der Waals surface area (Å²) in [4.78, 5) is 18.8. The molecule has 0 radical (unpaired) electrons. The molecule has 0 saturated heterocycles. The smallest absolute Gasteiger partial charge is 0.226 e. The summed E-state index contributed by atoms with van der Waals surface area (Å²) >= 11 is 0. The number of aryl methyl sites for hydroxylation is 4. The van der Waals surface area contributed by atoms with Crippen molar-refractivity contribution >= 4 is 0 Å². The summed E-state index contributed by atoms with van der Waals surface area (Å²) in [7, 11) is 0. The van der Waals surface area contributed by atoms with Crippen molar-refractivity contribution in [1.82, 2.24) is 19.9 Å². The van der Waals surface area contributed by atoms with Gasteiger partial charge in [0.05, 0.1) is 11.4 Å². The van der Waals surface area contributed by atoms with Gasteiger partial charge in [-0.2, -0.15) is 9.97 Å². The molecule has 5 rings (SSSR count). The van der Waals surface area contributed by atoms with E-state index in [1.807, 2.05) is 24.3 Å². The van der Waals surface area contributed by atoms with E-state index in [0.29, 0.717) is 11.8 Å². The van der Waals surface area contributed by atoms with Crippen LogP contribution in [-0.2, 0) is 38.5 Å². The summed E-state index contributed by atoms with van der Waals surface area (Å²) < 4.78 is 12.4. The average molecular weight is 431 g/mol. The Balaban J connectivity index is 1.37. The molecule has 6 nitrogen and oxygen atoms in total. The summed E-state index contributed by atoms with van der Waals surface area (Å²) in [5.41, 5.74) is 4.62. The van der Waals surface area contributed by atoms with E-state index in [1.54, 1.807) is 0 Å². The van der Waals surface area contributed by atoms with Gasteiger partial charge in [0.2, 0.25) is 11.8 Å². The lowest BCUT2D eigenvalue weighted by Crippen LogP contribution is -2.11. The van der Waals surface area contributed by atoms with Crippen LogP contribution >= 0.6 is 0 Å². The minimum atomic E-state index is 0.706. The highest BCUT2D eigenvalue weighted by Gasteiger charge is 2.20. The molecule has 0 aliphatic heterocycles. The SMILES string of the molecule is CCc1nc2c(c(Oc3ccc(Oc4nc(CC)nc5c4CCCC5)cc3)n1)CCCC2. The Labute approximate surface area is 189 Å². The van der Waals surface area contributed by atoms with Crippen LogP contribution in [0.3, 0.4) is 0 Å². The third-order valence-corrected chi connectivity index (χ3v) is 6.27. The summed E-state index contributed by atoms with van der Waals surface area (Å²) in [5.74, 6) is 4.62. The first kappa shape index (κ1) is 20.9. The highest BCUT2D eigenvalue weighted by Crippen LogP contribution is 2.33. The van der Waals surface area contributed by atoms with Gasteiger partial charge in [-0.3, -0.25) is 0 Å². The maximum Gasteiger partial charge on any atom is 0.226 e. The molecule has 3 aromatic rings. The molecule has 2 aliphatic carbocycles. The molecule has 0 atom stereocenters. The number of nitrogens with zero attached hydrogens (tertiary/aromatic N) is 4. The predicted molar refractivity (Wildman–Crippen MR) is 123 cm³/mol. The molecule has 2 aromatic heterocycles. The van der Waals surface area contributed by atoms with Gasteiger partial charge in [0, 0.05) is 24.0 Å². The molecule has 0 saturated carbocycles. The molecule has 2 aliphatic rings. The van der Waals surface area contributed by atoms with E-state index in [4.69, 9.17) is 19.4 Å². The lowest BCUT2D eigenvalue weighted by molar-refractivity contribution is 0.432. The van der Waals surface area contributed by atoms with Gasteiger partial charge in [-0.15, -0.1) is 0 Å². The Morgan fingerprint density at radius 2 is 1.00 bits per heavy atom. The van der Waals surface area contributed by atoms with E-state index >= 15 is 0 Å². The fourth-order valence-electron chi connectivity index (χ4n) is 4.50. The van der Waals surface area contributed by atoms with Crippen molar-refractivity contribution in [2.45, 2.75) is 78.1 Å². The lowest BCUT2D eigenvalue weighted by Gasteiger charge is -2.19. The van der Waals surface area contributed by atoms with E-state index < -0.39 is 0 Å². The van der Waals surface area contributed by atoms with Crippen LogP contribution in [0.4, 0.5) is 0 Å². The van der Waals surface area contributed by atoms with Gasteiger partial charge in [0.25, 0.3) is 0 Å². The van der Waals surface area contributed by atoms with Gasteiger partial charge >= 0.3 is 0 Å². The molecule has 0 fully saturated rings. The Morgan fingerprint density at radius 1 is 0.594 bits per heavy atom. The summed E-state index contributed by atoms with van der Waals surface area (Å²) in [6.45, 7) is 4.16. The zero-order chi connectivity index (χ0) is 21.9. The van der Waals surface area contributed by atoms with E-state index in [1.165, 1.54) is 12.8 Å². The molecule has 6 heteroatoms. The van der Waals surface area contributed by atoms with Crippen LogP contribution in [0.2, 0.25) is 0 Å². The topological polar surface area (TPSA) is 70.0 Å². The van der Waals surface area contributed by atoms with Crippen LogP contribution in [-0.4, -0.2) is 19.9 Å². The average Bonchev–Trinajstić information content (AvgIpc) is 2.85. The van der Waals surface area contributed by atoms with Crippen LogP contribution < -0.4 is 9.47 Å². The standard InChI is InChI=1S/C26H30N4O2/c1-3-23-27-21-11-7-5-9-19(21)25(29-23)31-17-13-15-18(16-14-17)32-26-20-10-6-8-12-22(20)28-24(4-2)30-26/h13-16H,3-12H2,1-2H3. The third kappa shape index (κ3) is 4.31. The van der Waals surface area contributed by atoms with Gasteiger partial charge in [-0.05, 0) is 75.6 Å². The quantitative estimate of drug-likeness (QED) is 0.497. The number of aromatic nitrogens is 4. The number of rotatable bonds is 6. The molecule has 166 valence electrons. The fraction of sp³-hybridized carbons (Fsp3) is 0.462. The number of ether oxygens (including phenoxy) is 2. The molecular formula is C26H30N4O2. The van der Waals surface area contributed by atoms with Gasteiger partial charge in [-0.25, -0.2) is 9.97 Å². The van der Waals surface area contributed by atoms with E-state index in [0.717, 1.165) is 97.0 Å². The summed E-state index contributed by atoms with van der Waals surface area (Å²) in [6, 6.07) is 7.75. The number of benzene rings is 1. The maximum absolute atomic E-state index is 6.22. The zero-order valence-corrected chi connectivity index (χ0v) is 19.0. The first-order valence-electron chi connectivity index (χ1n) is 12.0. The molecular weight excluding hydrogens is 400 g/mol. The summed E-state index contributed by atoms with van der Waals surface area (Å²) in [5, 5.41) is 0.